The van der Waals surface area contributed by atoms with E-state index in [1.165, 1.54) is 0 Å². The van der Waals surface area contributed by atoms with E-state index >= 15 is 0 Å². The number of nitrogens with one attached hydrogen (secondary N) is 1. The summed E-state index contributed by atoms with van der Waals surface area (Å²) in [6, 6.07) is 6.79. The zero-order chi connectivity index (χ0) is 18.0. The molecule has 0 amide bonds. The van der Waals surface area contributed by atoms with Gasteiger partial charge in [0.25, 0.3) is 0 Å². The fraction of sp³-hybridized carbons (Fsp3) is 0.375. The van der Waals surface area contributed by atoms with Crippen LogP contribution in [-0.2, 0) is 11.3 Å². The van der Waals surface area contributed by atoms with E-state index in [0.717, 1.165) is 33.1 Å². The highest BCUT2D eigenvalue weighted by Crippen LogP contribution is 2.28. The van der Waals surface area contributed by atoms with E-state index in [0.29, 0.717) is 18.9 Å². The summed E-state index contributed by atoms with van der Waals surface area (Å²) < 4.78 is 6.60. The molecular weight excluding hydrogens is 422 g/mol. The van der Waals surface area contributed by atoms with E-state index in [1.54, 1.807) is 0 Å². The molecular formula is C16H19BrClN5OSi. The molecule has 3 aromatic rings. The molecule has 0 fully saturated rings. The Morgan fingerprint density at radius 2 is 2.00 bits per heavy atom. The van der Waals surface area contributed by atoms with Crippen LogP contribution in [-0.4, -0.2) is 39.8 Å². The Morgan fingerprint density at radius 1 is 1.20 bits per heavy atom. The van der Waals surface area contributed by atoms with E-state index in [2.05, 4.69) is 60.7 Å². The number of nitrogens with zero attached hydrogens (tertiary/aromatic N) is 4. The maximum atomic E-state index is 6.04. The average molecular weight is 441 g/mol. The molecule has 3 heterocycles. The predicted molar refractivity (Wildman–Crippen MR) is 105 cm³/mol. The highest BCUT2D eigenvalue weighted by atomic mass is 79.9. The molecule has 1 N–H and O–H groups in total. The van der Waals surface area contributed by atoms with Crippen molar-refractivity contribution in [3.05, 3.63) is 33.8 Å². The number of pyridine rings is 1. The minimum atomic E-state index is -1.13. The smallest absolute Gasteiger partial charge is 0.224 e. The molecule has 0 unspecified atom stereocenters. The third-order valence-electron chi connectivity index (χ3n) is 3.67. The number of aromatic amines is 1. The zero-order valence-corrected chi connectivity index (χ0v) is 17.6. The van der Waals surface area contributed by atoms with Crippen LogP contribution >= 0.6 is 27.5 Å². The van der Waals surface area contributed by atoms with Gasteiger partial charge >= 0.3 is 0 Å². The van der Waals surface area contributed by atoms with Crippen molar-refractivity contribution < 1.29 is 4.74 Å². The number of ether oxygens (including phenoxy) is 1. The number of hydrogen-bond donors (Lipinski definition) is 1. The second-order valence-corrected chi connectivity index (χ2v) is 13.7. The van der Waals surface area contributed by atoms with Gasteiger partial charge in [0.2, 0.25) is 5.28 Å². The highest BCUT2D eigenvalue weighted by molar-refractivity contribution is 9.10. The van der Waals surface area contributed by atoms with E-state index < -0.39 is 8.07 Å². The highest BCUT2D eigenvalue weighted by Gasteiger charge is 2.18. The molecule has 0 bridgehead atoms. The number of H-pyrrole nitrogens is 1. The van der Waals surface area contributed by atoms with Gasteiger partial charge in [-0.2, -0.15) is 10.1 Å². The molecule has 0 spiro atoms. The molecule has 0 saturated heterocycles. The van der Waals surface area contributed by atoms with Crippen molar-refractivity contribution in [2.45, 2.75) is 32.3 Å². The fourth-order valence-electron chi connectivity index (χ4n) is 2.35. The van der Waals surface area contributed by atoms with Crippen molar-refractivity contribution in [3.8, 4) is 11.4 Å². The molecule has 0 aliphatic rings. The lowest BCUT2D eigenvalue weighted by atomic mass is 10.1. The van der Waals surface area contributed by atoms with Crippen LogP contribution in [0.3, 0.4) is 0 Å². The molecule has 132 valence electrons. The Balaban J connectivity index is 1.93. The third kappa shape index (κ3) is 4.63. The Morgan fingerprint density at radius 3 is 2.72 bits per heavy atom. The van der Waals surface area contributed by atoms with Crippen LogP contribution in [0.2, 0.25) is 31.0 Å². The topological polar surface area (TPSA) is 76.6 Å². The fourth-order valence-corrected chi connectivity index (χ4v) is 3.63. The number of fused-ring (bicyclic) bond motifs is 1. The van der Waals surface area contributed by atoms with Crippen LogP contribution in [0.1, 0.15) is 5.69 Å². The molecule has 3 aromatic heterocycles. The Hall–Kier alpha value is -1.35. The molecule has 0 aliphatic carbocycles. The van der Waals surface area contributed by atoms with Crippen molar-refractivity contribution in [3.63, 3.8) is 0 Å². The van der Waals surface area contributed by atoms with Gasteiger partial charge in [0.05, 0.1) is 29.1 Å². The van der Waals surface area contributed by atoms with Gasteiger partial charge < -0.3 is 4.74 Å². The zero-order valence-electron chi connectivity index (χ0n) is 14.3. The standard InChI is InChI=1S/C16H19BrClN5OSi/c1-25(2,3)8-7-24-9-11-13-14(10-5-4-6-12(17)19-10)22-23-15(13)21-16(18)20-11/h4-6H,7-9H2,1-3H3,(H,20,21,22,23). The second-order valence-electron chi connectivity index (χ2n) is 6.95. The van der Waals surface area contributed by atoms with Crippen LogP contribution in [0, 0.1) is 0 Å². The van der Waals surface area contributed by atoms with Crippen molar-refractivity contribution in [2.75, 3.05) is 6.61 Å². The third-order valence-corrected chi connectivity index (χ3v) is 5.98. The molecule has 25 heavy (non-hydrogen) atoms. The first-order valence-corrected chi connectivity index (χ1v) is 12.8. The van der Waals surface area contributed by atoms with Crippen LogP contribution in [0.5, 0.6) is 0 Å². The lowest BCUT2D eigenvalue weighted by Gasteiger charge is -2.15. The van der Waals surface area contributed by atoms with Gasteiger partial charge in [-0.3, -0.25) is 5.10 Å². The Bertz CT molecular complexity index is 896. The van der Waals surface area contributed by atoms with Gasteiger partial charge in [0.1, 0.15) is 4.60 Å². The van der Waals surface area contributed by atoms with Crippen LogP contribution in [0.15, 0.2) is 22.8 Å². The van der Waals surface area contributed by atoms with Crippen molar-refractivity contribution in [1.29, 1.82) is 0 Å². The van der Waals surface area contributed by atoms with E-state index in [1.807, 2.05) is 18.2 Å². The summed E-state index contributed by atoms with van der Waals surface area (Å²) in [6.07, 6.45) is 0. The van der Waals surface area contributed by atoms with E-state index in [9.17, 15) is 0 Å². The number of aromatic nitrogens is 5. The number of halogens is 2. The van der Waals surface area contributed by atoms with Gasteiger partial charge in [0, 0.05) is 14.7 Å². The largest absolute Gasteiger partial charge is 0.375 e. The summed E-state index contributed by atoms with van der Waals surface area (Å²) in [5.74, 6) is 0. The van der Waals surface area contributed by atoms with E-state index in [-0.39, 0.29) is 5.28 Å². The molecule has 0 aliphatic heterocycles. The van der Waals surface area contributed by atoms with E-state index in [4.69, 9.17) is 16.3 Å². The van der Waals surface area contributed by atoms with Crippen LogP contribution in [0.25, 0.3) is 22.4 Å². The SMILES string of the molecule is C[Si](C)(C)CCOCc1nc(Cl)nc2n[nH]c(-c3cccc(Br)n3)c12. The average Bonchev–Trinajstić information content (AvgIpc) is 2.94. The summed E-state index contributed by atoms with van der Waals surface area (Å²) in [5, 5.41) is 8.20. The van der Waals surface area contributed by atoms with Gasteiger partial charge in [-0.05, 0) is 45.7 Å². The maximum Gasteiger partial charge on any atom is 0.224 e. The predicted octanol–water partition coefficient (Wildman–Crippen LogP) is 4.69. The summed E-state index contributed by atoms with van der Waals surface area (Å²) in [4.78, 5) is 13.0. The Kier molecular flexibility index (Phi) is 5.52. The van der Waals surface area contributed by atoms with Crippen LogP contribution < -0.4 is 0 Å². The lowest BCUT2D eigenvalue weighted by molar-refractivity contribution is 0.131. The molecule has 9 heteroatoms. The summed E-state index contributed by atoms with van der Waals surface area (Å²) in [7, 11) is -1.13. The Labute approximate surface area is 160 Å². The molecule has 0 radical (unpaired) electrons. The van der Waals surface area contributed by atoms with Gasteiger partial charge in [-0.15, -0.1) is 0 Å². The second kappa shape index (κ2) is 7.49. The maximum absolute atomic E-state index is 6.04. The number of hydrogen-bond acceptors (Lipinski definition) is 5. The van der Waals surface area contributed by atoms with Crippen molar-refractivity contribution >= 4 is 46.6 Å². The van der Waals surface area contributed by atoms with Crippen LogP contribution in [0.4, 0.5) is 0 Å². The first kappa shape index (κ1) is 18.4. The number of rotatable bonds is 6. The van der Waals surface area contributed by atoms with Crippen molar-refractivity contribution in [2.24, 2.45) is 0 Å². The summed E-state index contributed by atoms with van der Waals surface area (Å²) in [6.45, 7) is 8.04. The molecule has 3 rings (SSSR count). The lowest BCUT2D eigenvalue weighted by Crippen LogP contribution is -2.21. The molecule has 0 saturated carbocycles. The summed E-state index contributed by atoms with van der Waals surface area (Å²) >= 11 is 9.43. The normalized spacial score (nSPS) is 12.0. The minimum Gasteiger partial charge on any atom is -0.375 e. The quantitative estimate of drug-likeness (QED) is 0.260. The summed E-state index contributed by atoms with van der Waals surface area (Å²) in [5.41, 5.74) is 2.75. The monoisotopic (exact) mass is 439 g/mol. The molecule has 0 atom stereocenters. The van der Waals surface area contributed by atoms with Gasteiger partial charge in [-0.25, -0.2) is 9.97 Å². The molecule has 6 nitrogen and oxygen atoms in total. The first-order valence-electron chi connectivity index (χ1n) is 7.95. The molecule has 0 aromatic carbocycles. The van der Waals surface area contributed by atoms with Gasteiger partial charge in [-0.1, -0.05) is 25.7 Å². The first-order chi connectivity index (χ1) is 11.8. The van der Waals surface area contributed by atoms with Gasteiger partial charge in [0.15, 0.2) is 5.65 Å². The minimum absolute atomic E-state index is 0.163. The van der Waals surface area contributed by atoms with Crippen molar-refractivity contribution in [1.82, 2.24) is 25.1 Å².